The van der Waals surface area contributed by atoms with Crippen molar-refractivity contribution in [3.63, 3.8) is 0 Å². The van der Waals surface area contributed by atoms with Crippen LogP contribution in [0.3, 0.4) is 0 Å². The molecule has 2 aromatic rings. The highest BCUT2D eigenvalue weighted by Crippen LogP contribution is 2.23. The van der Waals surface area contributed by atoms with E-state index < -0.39 is 0 Å². The van der Waals surface area contributed by atoms with E-state index >= 15 is 0 Å². The minimum absolute atomic E-state index is 0.656. The second-order valence-electron chi connectivity index (χ2n) is 5.14. The molecule has 0 atom stereocenters. The number of pyridine rings is 1. The lowest BCUT2D eigenvalue weighted by molar-refractivity contribution is 0.312. The van der Waals surface area contributed by atoms with Crippen molar-refractivity contribution in [3.05, 3.63) is 30.1 Å². The number of rotatable bonds is 3. The maximum absolute atomic E-state index is 5.76. The molecule has 5 nitrogen and oxygen atoms in total. The lowest BCUT2D eigenvalue weighted by Gasteiger charge is -2.33. The minimum atomic E-state index is 0.656. The molecule has 0 saturated carbocycles. The van der Waals surface area contributed by atoms with Gasteiger partial charge < -0.3 is 19.9 Å². The Bertz CT molecular complexity index is 554. The van der Waals surface area contributed by atoms with Crippen LogP contribution in [0.15, 0.2) is 24.4 Å². The van der Waals surface area contributed by atoms with Crippen molar-refractivity contribution in [1.82, 2.24) is 14.3 Å². The quantitative estimate of drug-likeness (QED) is 0.876. The van der Waals surface area contributed by atoms with Gasteiger partial charge in [-0.05, 0) is 25.7 Å². The maximum Gasteiger partial charge on any atom is 0.151 e. The predicted octanol–water partition coefficient (Wildman–Crippen LogP) is 0.587. The van der Waals surface area contributed by atoms with Gasteiger partial charge >= 0.3 is 0 Å². The smallest absolute Gasteiger partial charge is 0.151 e. The van der Waals surface area contributed by atoms with Crippen LogP contribution in [0.2, 0.25) is 0 Å². The second-order valence-corrected chi connectivity index (χ2v) is 5.14. The predicted molar refractivity (Wildman–Crippen MR) is 77.7 cm³/mol. The Balaban J connectivity index is 1.99. The number of aromatic nitrogens is 2. The molecule has 2 aromatic heterocycles. The molecular formula is C14H21N5. The number of nitrogens with two attached hydrogens (primary N) is 1. The first kappa shape index (κ1) is 12.4. The van der Waals surface area contributed by atoms with Crippen molar-refractivity contribution >= 4 is 11.5 Å². The topological polar surface area (TPSA) is 49.8 Å². The van der Waals surface area contributed by atoms with E-state index in [1.807, 2.05) is 12.1 Å². The summed E-state index contributed by atoms with van der Waals surface area (Å²) < 4.78 is 2.17. The molecular weight excluding hydrogens is 238 g/mol. The fourth-order valence-corrected chi connectivity index (χ4v) is 2.67. The van der Waals surface area contributed by atoms with E-state index in [9.17, 15) is 0 Å². The number of hydrogen-bond donors (Lipinski definition) is 1. The van der Waals surface area contributed by atoms with Gasteiger partial charge in [0.25, 0.3) is 0 Å². The average molecular weight is 259 g/mol. The molecule has 0 radical (unpaired) electrons. The SMILES string of the molecule is CN1CCN(c2nc3ccccn3c2CCN)CC1. The number of fused-ring (bicyclic) bond motifs is 1. The molecule has 1 fully saturated rings. The lowest BCUT2D eigenvalue weighted by atomic mass is 10.2. The molecule has 1 aliphatic heterocycles. The van der Waals surface area contributed by atoms with Gasteiger partial charge in [-0.2, -0.15) is 0 Å². The van der Waals surface area contributed by atoms with Gasteiger partial charge in [0, 0.05) is 38.8 Å². The van der Waals surface area contributed by atoms with E-state index in [2.05, 4.69) is 33.5 Å². The zero-order valence-corrected chi connectivity index (χ0v) is 11.4. The van der Waals surface area contributed by atoms with Gasteiger partial charge in [0.1, 0.15) is 5.65 Å². The first-order valence-electron chi connectivity index (χ1n) is 6.89. The highest BCUT2D eigenvalue weighted by molar-refractivity contribution is 5.56. The number of nitrogens with zero attached hydrogens (tertiary/aromatic N) is 4. The summed E-state index contributed by atoms with van der Waals surface area (Å²) in [5.41, 5.74) is 8.02. The number of hydrogen-bond acceptors (Lipinski definition) is 4. The summed E-state index contributed by atoms with van der Waals surface area (Å²) in [5, 5.41) is 0. The fourth-order valence-electron chi connectivity index (χ4n) is 2.67. The Hall–Kier alpha value is -1.59. The summed E-state index contributed by atoms with van der Waals surface area (Å²) in [6.07, 6.45) is 2.94. The first-order valence-corrected chi connectivity index (χ1v) is 6.89. The van der Waals surface area contributed by atoms with Gasteiger partial charge in [-0.3, -0.25) is 0 Å². The van der Waals surface area contributed by atoms with Gasteiger partial charge in [-0.25, -0.2) is 4.98 Å². The Kier molecular flexibility index (Phi) is 3.40. The molecule has 5 heteroatoms. The number of imidazole rings is 1. The molecule has 0 aliphatic carbocycles. The van der Waals surface area contributed by atoms with Gasteiger partial charge in [-0.1, -0.05) is 6.07 Å². The third-order valence-electron chi connectivity index (χ3n) is 3.79. The van der Waals surface area contributed by atoms with Crippen molar-refractivity contribution in [2.75, 3.05) is 44.7 Å². The Morgan fingerprint density at radius 1 is 1.21 bits per heavy atom. The molecule has 3 rings (SSSR count). The number of anilines is 1. The van der Waals surface area contributed by atoms with Crippen molar-refractivity contribution < 1.29 is 0 Å². The molecule has 2 N–H and O–H groups in total. The second kappa shape index (κ2) is 5.19. The first-order chi connectivity index (χ1) is 9.29. The molecule has 0 spiro atoms. The number of likely N-dealkylation sites (N-methyl/N-ethyl adjacent to an activating group) is 1. The van der Waals surface area contributed by atoms with Crippen molar-refractivity contribution in [1.29, 1.82) is 0 Å². The highest BCUT2D eigenvalue weighted by Gasteiger charge is 2.20. The van der Waals surface area contributed by atoms with Crippen LogP contribution in [0.25, 0.3) is 5.65 Å². The molecule has 0 bridgehead atoms. The highest BCUT2D eigenvalue weighted by atomic mass is 15.3. The molecule has 19 heavy (non-hydrogen) atoms. The molecule has 0 amide bonds. The molecule has 3 heterocycles. The van der Waals surface area contributed by atoms with Crippen LogP contribution in [0.1, 0.15) is 5.69 Å². The van der Waals surface area contributed by atoms with Crippen LogP contribution in [0.4, 0.5) is 5.82 Å². The largest absolute Gasteiger partial charge is 0.353 e. The summed E-state index contributed by atoms with van der Waals surface area (Å²) >= 11 is 0. The van der Waals surface area contributed by atoms with Crippen LogP contribution in [-0.4, -0.2) is 54.1 Å². The van der Waals surface area contributed by atoms with Gasteiger partial charge in [-0.15, -0.1) is 0 Å². The van der Waals surface area contributed by atoms with Gasteiger partial charge in [0.2, 0.25) is 0 Å². The Morgan fingerprint density at radius 2 is 2.00 bits per heavy atom. The lowest BCUT2D eigenvalue weighted by Crippen LogP contribution is -2.45. The van der Waals surface area contributed by atoms with Crippen LogP contribution >= 0.6 is 0 Å². The zero-order chi connectivity index (χ0) is 13.2. The summed E-state index contributed by atoms with van der Waals surface area (Å²) in [7, 11) is 2.17. The Labute approximate surface area is 113 Å². The van der Waals surface area contributed by atoms with E-state index in [-0.39, 0.29) is 0 Å². The monoisotopic (exact) mass is 259 g/mol. The molecule has 0 aromatic carbocycles. The standard InChI is InChI=1S/C14H21N5/c1-17-8-10-18(11-9-17)14-12(5-6-15)19-7-3-2-4-13(19)16-14/h2-4,7H,5-6,8-11,15H2,1H3. The third kappa shape index (κ3) is 2.31. The van der Waals surface area contributed by atoms with E-state index in [1.165, 1.54) is 5.69 Å². The molecule has 1 saturated heterocycles. The van der Waals surface area contributed by atoms with Crippen LogP contribution < -0.4 is 10.6 Å². The number of piperazine rings is 1. The average Bonchev–Trinajstić information content (AvgIpc) is 2.79. The minimum Gasteiger partial charge on any atom is -0.353 e. The molecule has 1 aliphatic rings. The van der Waals surface area contributed by atoms with E-state index in [0.29, 0.717) is 6.54 Å². The zero-order valence-electron chi connectivity index (χ0n) is 11.4. The van der Waals surface area contributed by atoms with Crippen LogP contribution in [0, 0.1) is 0 Å². The van der Waals surface area contributed by atoms with E-state index in [4.69, 9.17) is 10.7 Å². The third-order valence-corrected chi connectivity index (χ3v) is 3.79. The fraction of sp³-hybridized carbons (Fsp3) is 0.500. The Morgan fingerprint density at radius 3 is 2.74 bits per heavy atom. The summed E-state index contributed by atoms with van der Waals surface area (Å²) in [5.74, 6) is 1.12. The van der Waals surface area contributed by atoms with Crippen molar-refractivity contribution in [3.8, 4) is 0 Å². The van der Waals surface area contributed by atoms with Crippen molar-refractivity contribution in [2.45, 2.75) is 6.42 Å². The summed E-state index contributed by atoms with van der Waals surface area (Å²) in [4.78, 5) is 9.54. The molecule has 102 valence electrons. The van der Waals surface area contributed by atoms with Gasteiger partial charge in [0.05, 0.1) is 5.69 Å². The van der Waals surface area contributed by atoms with Crippen LogP contribution in [-0.2, 0) is 6.42 Å². The van der Waals surface area contributed by atoms with E-state index in [0.717, 1.165) is 44.1 Å². The van der Waals surface area contributed by atoms with Gasteiger partial charge in [0.15, 0.2) is 5.82 Å². The van der Waals surface area contributed by atoms with Crippen LogP contribution in [0.5, 0.6) is 0 Å². The normalized spacial score (nSPS) is 17.3. The summed E-state index contributed by atoms with van der Waals surface area (Å²) in [6.45, 7) is 4.92. The summed E-state index contributed by atoms with van der Waals surface area (Å²) in [6, 6.07) is 6.13. The molecule has 0 unspecified atom stereocenters. The maximum atomic E-state index is 5.76. The van der Waals surface area contributed by atoms with Crippen molar-refractivity contribution in [2.24, 2.45) is 5.73 Å². The van der Waals surface area contributed by atoms with E-state index in [1.54, 1.807) is 0 Å².